The predicted octanol–water partition coefficient (Wildman–Crippen LogP) is 4.07. The van der Waals surface area contributed by atoms with Gasteiger partial charge in [-0.25, -0.2) is 0 Å². The van der Waals surface area contributed by atoms with Crippen LogP contribution in [0.4, 0.5) is 5.69 Å². The van der Waals surface area contributed by atoms with Crippen LogP contribution in [0, 0.1) is 16.0 Å². The van der Waals surface area contributed by atoms with Gasteiger partial charge in [-0.05, 0) is 26.2 Å². The standard InChI is InChI=1S/C15H24N2O2/c1-5-11(2)10-12(3)16-13(4)14-8-6-7-9-15(14)17(18)19/h6-9,11-13,16H,5,10H2,1-4H3. The SMILES string of the molecule is CCC(C)CC(C)NC(C)c1ccccc1[N+](=O)[O-]. The normalized spacial score (nSPS) is 15.8. The summed E-state index contributed by atoms with van der Waals surface area (Å²) in [4.78, 5) is 10.7. The van der Waals surface area contributed by atoms with Gasteiger partial charge in [0.25, 0.3) is 5.69 Å². The number of nitro groups is 1. The zero-order valence-electron chi connectivity index (χ0n) is 12.2. The van der Waals surface area contributed by atoms with E-state index in [0.29, 0.717) is 12.0 Å². The Balaban J connectivity index is 2.73. The summed E-state index contributed by atoms with van der Waals surface area (Å²) in [5.41, 5.74) is 0.946. The Morgan fingerprint density at radius 3 is 2.47 bits per heavy atom. The summed E-state index contributed by atoms with van der Waals surface area (Å²) in [6.45, 7) is 8.53. The Bertz CT molecular complexity index is 420. The highest BCUT2D eigenvalue weighted by molar-refractivity contribution is 5.41. The quantitative estimate of drug-likeness (QED) is 0.596. The molecule has 1 aromatic rings. The van der Waals surface area contributed by atoms with Gasteiger partial charge < -0.3 is 5.32 Å². The third kappa shape index (κ3) is 4.63. The molecule has 0 aliphatic rings. The van der Waals surface area contributed by atoms with Crippen molar-refractivity contribution in [1.29, 1.82) is 0 Å². The Kier molecular flexibility index (Phi) is 5.96. The number of rotatable bonds is 7. The van der Waals surface area contributed by atoms with E-state index < -0.39 is 0 Å². The lowest BCUT2D eigenvalue weighted by Crippen LogP contribution is -2.30. The molecular formula is C15H24N2O2. The fourth-order valence-corrected chi connectivity index (χ4v) is 2.37. The molecule has 0 radical (unpaired) electrons. The van der Waals surface area contributed by atoms with E-state index in [2.05, 4.69) is 26.1 Å². The van der Waals surface area contributed by atoms with Crippen LogP contribution in [0.25, 0.3) is 0 Å². The summed E-state index contributed by atoms with van der Waals surface area (Å²) < 4.78 is 0. The zero-order valence-corrected chi connectivity index (χ0v) is 12.2. The van der Waals surface area contributed by atoms with Crippen molar-refractivity contribution >= 4 is 5.69 Å². The van der Waals surface area contributed by atoms with Gasteiger partial charge in [0.15, 0.2) is 0 Å². The van der Waals surface area contributed by atoms with Crippen LogP contribution >= 0.6 is 0 Å². The average Bonchev–Trinajstić information content (AvgIpc) is 2.38. The number of hydrogen-bond acceptors (Lipinski definition) is 3. The molecule has 1 aromatic carbocycles. The summed E-state index contributed by atoms with van der Waals surface area (Å²) in [6, 6.07) is 7.28. The molecule has 1 N–H and O–H groups in total. The first-order valence-electron chi connectivity index (χ1n) is 6.95. The Labute approximate surface area is 115 Å². The van der Waals surface area contributed by atoms with Crippen molar-refractivity contribution in [2.24, 2.45) is 5.92 Å². The van der Waals surface area contributed by atoms with Crippen LogP contribution in [0.5, 0.6) is 0 Å². The number of benzene rings is 1. The van der Waals surface area contributed by atoms with Crippen molar-refractivity contribution in [3.05, 3.63) is 39.9 Å². The van der Waals surface area contributed by atoms with Gasteiger partial charge in [-0.3, -0.25) is 10.1 Å². The molecule has 0 aromatic heterocycles. The van der Waals surface area contributed by atoms with Crippen molar-refractivity contribution in [3.63, 3.8) is 0 Å². The number of nitro benzene ring substituents is 1. The molecule has 0 saturated carbocycles. The molecule has 106 valence electrons. The maximum Gasteiger partial charge on any atom is 0.274 e. The van der Waals surface area contributed by atoms with E-state index in [1.54, 1.807) is 12.1 Å². The van der Waals surface area contributed by atoms with Gasteiger partial charge in [-0.1, -0.05) is 38.5 Å². The number of hydrogen-bond donors (Lipinski definition) is 1. The molecule has 0 fully saturated rings. The monoisotopic (exact) mass is 264 g/mol. The maximum absolute atomic E-state index is 11.0. The van der Waals surface area contributed by atoms with Gasteiger partial charge in [0.1, 0.15) is 0 Å². The van der Waals surface area contributed by atoms with E-state index >= 15 is 0 Å². The van der Waals surface area contributed by atoms with Crippen molar-refractivity contribution < 1.29 is 4.92 Å². The molecule has 0 amide bonds. The molecule has 3 atom stereocenters. The molecule has 0 aliphatic carbocycles. The summed E-state index contributed by atoms with van der Waals surface area (Å²) in [7, 11) is 0. The predicted molar refractivity (Wildman–Crippen MR) is 78.2 cm³/mol. The minimum Gasteiger partial charge on any atom is -0.307 e. The average molecular weight is 264 g/mol. The zero-order chi connectivity index (χ0) is 14.4. The molecule has 3 unspecified atom stereocenters. The summed E-state index contributed by atoms with van der Waals surface area (Å²) in [5.74, 6) is 0.667. The maximum atomic E-state index is 11.0. The Hall–Kier alpha value is -1.42. The van der Waals surface area contributed by atoms with Crippen LogP contribution in [0.1, 0.15) is 52.1 Å². The van der Waals surface area contributed by atoms with Crippen LogP contribution in [-0.4, -0.2) is 11.0 Å². The molecule has 0 saturated heterocycles. The molecule has 0 spiro atoms. The Morgan fingerprint density at radius 1 is 1.26 bits per heavy atom. The minimum absolute atomic E-state index is 0.0133. The number of nitrogens with zero attached hydrogens (tertiary/aromatic N) is 1. The van der Waals surface area contributed by atoms with E-state index in [1.165, 1.54) is 0 Å². The summed E-state index contributed by atoms with van der Waals surface area (Å²) >= 11 is 0. The topological polar surface area (TPSA) is 55.2 Å². The minimum atomic E-state index is -0.313. The fraction of sp³-hybridized carbons (Fsp3) is 0.600. The van der Waals surface area contributed by atoms with Crippen molar-refractivity contribution in [3.8, 4) is 0 Å². The molecule has 0 heterocycles. The molecule has 4 nitrogen and oxygen atoms in total. The van der Waals surface area contributed by atoms with E-state index in [1.807, 2.05) is 19.1 Å². The van der Waals surface area contributed by atoms with E-state index in [-0.39, 0.29) is 16.7 Å². The van der Waals surface area contributed by atoms with Crippen LogP contribution < -0.4 is 5.32 Å². The molecule has 4 heteroatoms. The van der Waals surface area contributed by atoms with Crippen molar-refractivity contribution in [1.82, 2.24) is 5.32 Å². The molecule has 1 rings (SSSR count). The van der Waals surface area contributed by atoms with Gasteiger partial charge in [0.05, 0.1) is 4.92 Å². The molecular weight excluding hydrogens is 240 g/mol. The molecule has 19 heavy (non-hydrogen) atoms. The lowest BCUT2D eigenvalue weighted by atomic mass is 9.98. The second-order valence-electron chi connectivity index (χ2n) is 5.35. The van der Waals surface area contributed by atoms with Gasteiger partial charge in [0.2, 0.25) is 0 Å². The summed E-state index contributed by atoms with van der Waals surface area (Å²) in [6.07, 6.45) is 2.24. The van der Waals surface area contributed by atoms with Gasteiger partial charge in [0, 0.05) is 23.7 Å². The van der Waals surface area contributed by atoms with E-state index in [4.69, 9.17) is 0 Å². The smallest absolute Gasteiger partial charge is 0.274 e. The largest absolute Gasteiger partial charge is 0.307 e. The molecule has 0 aliphatic heterocycles. The van der Waals surface area contributed by atoms with Crippen LogP contribution in [-0.2, 0) is 0 Å². The highest BCUT2D eigenvalue weighted by Gasteiger charge is 2.19. The number of para-hydroxylation sites is 1. The highest BCUT2D eigenvalue weighted by Crippen LogP contribution is 2.25. The number of nitrogens with one attached hydrogen (secondary N) is 1. The lowest BCUT2D eigenvalue weighted by molar-refractivity contribution is -0.385. The second kappa shape index (κ2) is 7.24. The summed E-state index contributed by atoms with van der Waals surface area (Å²) in [5, 5.41) is 14.5. The second-order valence-corrected chi connectivity index (χ2v) is 5.35. The van der Waals surface area contributed by atoms with Gasteiger partial charge in [-0.2, -0.15) is 0 Å². The first-order valence-corrected chi connectivity index (χ1v) is 6.95. The van der Waals surface area contributed by atoms with Crippen molar-refractivity contribution in [2.75, 3.05) is 0 Å². The third-order valence-electron chi connectivity index (χ3n) is 3.59. The Morgan fingerprint density at radius 2 is 1.89 bits per heavy atom. The van der Waals surface area contributed by atoms with E-state index in [9.17, 15) is 10.1 Å². The first kappa shape index (κ1) is 15.6. The van der Waals surface area contributed by atoms with Gasteiger partial charge in [-0.15, -0.1) is 0 Å². The fourth-order valence-electron chi connectivity index (χ4n) is 2.37. The van der Waals surface area contributed by atoms with Crippen LogP contribution in [0.2, 0.25) is 0 Å². The van der Waals surface area contributed by atoms with Crippen LogP contribution in [0.15, 0.2) is 24.3 Å². The van der Waals surface area contributed by atoms with E-state index in [0.717, 1.165) is 18.4 Å². The van der Waals surface area contributed by atoms with Crippen LogP contribution in [0.3, 0.4) is 0 Å². The molecule has 0 bridgehead atoms. The van der Waals surface area contributed by atoms with Gasteiger partial charge >= 0.3 is 0 Å². The first-order chi connectivity index (χ1) is 8.95. The third-order valence-corrected chi connectivity index (χ3v) is 3.59. The van der Waals surface area contributed by atoms with Crippen molar-refractivity contribution in [2.45, 2.75) is 52.6 Å². The lowest BCUT2D eigenvalue weighted by Gasteiger charge is -2.22. The highest BCUT2D eigenvalue weighted by atomic mass is 16.6.